The fraction of sp³-hybridized carbons (Fsp3) is 0.111. The number of nitrogens with one attached hydrogen (secondary N) is 1. The van der Waals surface area contributed by atoms with Gasteiger partial charge in [0.15, 0.2) is 0 Å². The molecule has 0 aliphatic heterocycles. The van der Waals surface area contributed by atoms with Gasteiger partial charge in [0.2, 0.25) is 0 Å². The van der Waals surface area contributed by atoms with E-state index in [1.165, 1.54) is 0 Å². The van der Waals surface area contributed by atoms with E-state index in [0.29, 0.717) is 6.54 Å². The van der Waals surface area contributed by atoms with Crippen LogP contribution < -0.4 is 5.32 Å². The monoisotopic (exact) mass is 288 g/mol. The van der Waals surface area contributed by atoms with E-state index in [9.17, 15) is 0 Å². The number of hydrogen-bond acceptors (Lipinski definition) is 3. The minimum atomic E-state index is 0.673. The Bertz CT molecular complexity index is 813. The van der Waals surface area contributed by atoms with Crippen LogP contribution in [0.3, 0.4) is 0 Å². The molecule has 0 spiro atoms. The maximum absolute atomic E-state index is 5.43. The molecule has 2 aromatic heterocycles. The van der Waals surface area contributed by atoms with E-state index in [0.717, 1.165) is 28.1 Å². The van der Waals surface area contributed by atoms with Crippen LogP contribution >= 0.6 is 0 Å². The molecule has 3 rings (SSSR count). The van der Waals surface area contributed by atoms with Crippen LogP contribution in [-0.2, 0) is 13.6 Å². The molecule has 0 bridgehead atoms. The molecule has 1 N–H and O–H groups in total. The summed E-state index contributed by atoms with van der Waals surface area (Å²) in [6, 6.07) is 11.7. The molecule has 3 aromatic rings. The zero-order valence-electron chi connectivity index (χ0n) is 12.3. The average molecular weight is 288 g/mol. The molecule has 0 unspecified atom stereocenters. The third-order valence-corrected chi connectivity index (χ3v) is 3.35. The summed E-state index contributed by atoms with van der Waals surface area (Å²) < 4.78 is 1.82. The van der Waals surface area contributed by atoms with Gasteiger partial charge in [-0.15, -0.1) is 6.42 Å². The van der Waals surface area contributed by atoms with Gasteiger partial charge in [-0.2, -0.15) is 5.10 Å². The highest BCUT2D eigenvalue weighted by molar-refractivity contribution is 5.62. The van der Waals surface area contributed by atoms with Crippen molar-refractivity contribution in [1.29, 1.82) is 0 Å². The van der Waals surface area contributed by atoms with Crippen LogP contribution in [0.1, 0.15) is 11.1 Å². The van der Waals surface area contributed by atoms with E-state index in [2.05, 4.69) is 21.3 Å². The van der Waals surface area contributed by atoms with Gasteiger partial charge in [0.25, 0.3) is 0 Å². The number of pyridine rings is 1. The number of benzene rings is 1. The van der Waals surface area contributed by atoms with E-state index < -0.39 is 0 Å². The summed E-state index contributed by atoms with van der Waals surface area (Å²) in [5.74, 6) is 2.64. The molecule has 2 heterocycles. The highest BCUT2D eigenvalue weighted by Crippen LogP contribution is 2.22. The van der Waals surface area contributed by atoms with E-state index in [4.69, 9.17) is 6.42 Å². The SMILES string of the molecule is C#Cc1cccc(NCc2cn(C)nc2-c2cccnc2)c1. The first-order chi connectivity index (χ1) is 10.8. The minimum absolute atomic E-state index is 0.673. The molecular weight excluding hydrogens is 272 g/mol. The number of aryl methyl sites for hydroxylation is 1. The van der Waals surface area contributed by atoms with Crippen molar-refractivity contribution in [3.63, 3.8) is 0 Å². The summed E-state index contributed by atoms with van der Waals surface area (Å²) >= 11 is 0. The largest absolute Gasteiger partial charge is 0.381 e. The van der Waals surface area contributed by atoms with Gasteiger partial charge in [-0.3, -0.25) is 9.67 Å². The molecule has 1 aromatic carbocycles. The number of terminal acetylenes is 1. The van der Waals surface area contributed by atoms with Crippen LogP contribution in [0.5, 0.6) is 0 Å². The Morgan fingerprint density at radius 1 is 1.27 bits per heavy atom. The number of aromatic nitrogens is 3. The first-order valence-electron chi connectivity index (χ1n) is 7.00. The summed E-state index contributed by atoms with van der Waals surface area (Å²) in [5.41, 5.74) is 4.93. The molecule has 0 aliphatic rings. The Balaban J connectivity index is 1.83. The van der Waals surface area contributed by atoms with Gasteiger partial charge in [0.1, 0.15) is 0 Å². The van der Waals surface area contributed by atoms with Crippen LogP contribution in [0.2, 0.25) is 0 Å². The van der Waals surface area contributed by atoms with Crippen LogP contribution in [0.4, 0.5) is 5.69 Å². The van der Waals surface area contributed by atoms with Crippen molar-refractivity contribution in [2.24, 2.45) is 7.05 Å². The van der Waals surface area contributed by atoms with Gasteiger partial charge in [0, 0.05) is 54.6 Å². The molecule has 0 saturated heterocycles. The van der Waals surface area contributed by atoms with Gasteiger partial charge in [-0.1, -0.05) is 12.0 Å². The van der Waals surface area contributed by atoms with E-state index >= 15 is 0 Å². The number of anilines is 1. The topological polar surface area (TPSA) is 42.7 Å². The van der Waals surface area contributed by atoms with E-state index in [-0.39, 0.29) is 0 Å². The molecule has 0 aliphatic carbocycles. The second kappa shape index (κ2) is 6.15. The zero-order valence-corrected chi connectivity index (χ0v) is 12.3. The van der Waals surface area contributed by atoms with Crippen molar-refractivity contribution < 1.29 is 0 Å². The zero-order chi connectivity index (χ0) is 15.4. The quantitative estimate of drug-likeness (QED) is 0.750. The van der Waals surface area contributed by atoms with E-state index in [1.807, 2.05) is 60.5 Å². The number of rotatable bonds is 4. The van der Waals surface area contributed by atoms with Gasteiger partial charge < -0.3 is 5.32 Å². The molecule has 0 radical (unpaired) electrons. The third kappa shape index (κ3) is 2.99. The fourth-order valence-electron chi connectivity index (χ4n) is 2.33. The predicted molar refractivity (Wildman–Crippen MR) is 88.1 cm³/mol. The Kier molecular flexibility index (Phi) is 3.88. The fourth-order valence-corrected chi connectivity index (χ4v) is 2.33. The molecule has 0 amide bonds. The Labute approximate surface area is 129 Å². The van der Waals surface area contributed by atoms with Crippen molar-refractivity contribution in [3.8, 4) is 23.6 Å². The highest BCUT2D eigenvalue weighted by Gasteiger charge is 2.10. The lowest BCUT2D eigenvalue weighted by molar-refractivity contribution is 0.770. The lowest BCUT2D eigenvalue weighted by atomic mass is 10.1. The maximum atomic E-state index is 5.43. The Hall–Kier alpha value is -3.06. The lowest BCUT2D eigenvalue weighted by Crippen LogP contribution is -2.00. The van der Waals surface area contributed by atoms with Crippen molar-refractivity contribution in [1.82, 2.24) is 14.8 Å². The van der Waals surface area contributed by atoms with Crippen LogP contribution in [0, 0.1) is 12.3 Å². The molecule has 0 saturated carbocycles. The molecule has 22 heavy (non-hydrogen) atoms. The first kappa shape index (κ1) is 13.9. The summed E-state index contributed by atoms with van der Waals surface area (Å²) in [6.07, 6.45) is 11.0. The molecule has 4 heteroatoms. The van der Waals surface area contributed by atoms with Crippen molar-refractivity contribution >= 4 is 5.69 Å². The van der Waals surface area contributed by atoms with Crippen molar-refractivity contribution in [3.05, 3.63) is 66.1 Å². The second-order valence-electron chi connectivity index (χ2n) is 5.00. The molecular formula is C18H16N4. The van der Waals surface area contributed by atoms with Crippen molar-refractivity contribution in [2.75, 3.05) is 5.32 Å². The summed E-state index contributed by atoms with van der Waals surface area (Å²) in [5, 5.41) is 7.92. The van der Waals surface area contributed by atoms with E-state index in [1.54, 1.807) is 6.20 Å². The number of hydrogen-bond donors (Lipinski definition) is 1. The van der Waals surface area contributed by atoms with Gasteiger partial charge >= 0.3 is 0 Å². The first-order valence-corrected chi connectivity index (χ1v) is 7.00. The van der Waals surface area contributed by atoms with Gasteiger partial charge in [-0.05, 0) is 30.3 Å². The second-order valence-corrected chi connectivity index (χ2v) is 5.00. The number of nitrogens with zero attached hydrogens (tertiary/aromatic N) is 3. The Morgan fingerprint density at radius 3 is 2.95 bits per heavy atom. The highest BCUT2D eigenvalue weighted by atomic mass is 15.3. The lowest BCUT2D eigenvalue weighted by Gasteiger charge is -2.07. The summed E-state index contributed by atoms with van der Waals surface area (Å²) in [6.45, 7) is 0.673. The molecule has 4 nitrogen and oxygen atoms in total. The predicted octanol–water partition coefficient (Wildman–Crippen LogP) is 3.08. The van der Waals surface area contributed by atoms with Crippen LogP contribution in [0.15, 0.2) is 55.0 Å². The maximum Gasteiger partial charge on any atom is 0.0988 e. The van der Waals surface area contributed by atoms with Crippen LogP contribution in [-0.4, -0.2) is 14.8 Å². The van der Waals surface area contributed by atoms with Gasteiger partial charge in [0.05, 0.1) is 5.69 Å². The molecule has 0 fully saturated rings. The molecule has 108 valence electrons. The molecule has 0 atom stereocenters. The summed E-state index contributed by atoms with van der Waals surface area (Å²) in [4.78, 5) is 4.16. The normalized spacial score (nSPS) is 10.2. The van der Waals surface area contributed by atoms with Crippen LogP contribution in [0.25, 0.3) is 11.3 Å². The average Bonchev–Trinajstić information content (AvgIpc) is 2.95. The third-order valence-electron chi connectivity index (χ3n) is 3.35. The smallest absolute Gasteiger partial charge is 0.0988 e. The standard InChI is InChI=1S/C18H16N4/c1-3-14-6-4-8-17(10-14)20-12-16-13-22(2)21-18(16)15-7-5-9-19-11-15/h1,4-11,13,20H,12H2,2H3. The van der Waals surface area contributed by atoms with Crippen molar-refractivity contribution in [2.45, 2.75) is 6.54 Å². The summed E-state index contributed by atoms with van der Waals surface area (Å²) in [7, 11) is 1.92. The minimum Gasteiger partial charge on any atom is -0.381 e. The van der Waals surface area contributed by atoms with Gasteiger partial charge in [-0.25, -0.2) is 0 Å². The Morgan fingerprint density at radius 2 is 2.18 bits per heavy atom.